The number of nitrogens with zero attached hydrogens (tertiary/aromatic N) is 2. The van der Waals surface area contributed by atoms with Crippen molar-refractivity contribution in [2.75, 3.05) is 17.4 Å². The zero-order valence-corrected chi connectivity index (χ0v) is 26.8. The van der Waals surface area contributed by atoms with Gasteiger partial charge in [-0.2, -0.15) is 0 Å². The Morgan fingerprint density at radius 1 is 0.818 bits per heavy atom. The number of halogens is 1. The molecule has 4 rings (SSSR count). The number of sulfonamides is 1. The van der Waals surface area contributed by atoms with E-state index in [0.29, 0.717) is 17.3 Å². The van der Waals surface area contributed by atoms with Crippen molar-refractivity contribution in [3.63, 3.8) is 0 Å². The van der Waals surface area contributed by atoms with Crippen molar-refractivity contribution in [3.8, 4) is 0 Å². The lowest BCUT2D eigenvalue weighted by Gasteiger charge is -2.34. The minimum absolute atomic E-state index is 0.000445. The van der Waals surface area contributed by atoms with Crippen LogP contribution >= 0.6 is 11.6 Å². The predicted octanol–water partition coefficient (Wildman–Crippen LogP) is 6.26. The highest BCUT2D eigenvalue weighted by atomic mass is 35.5. The van der Waals surface area contributed by atoms with Gasteiger partial charge in [-0.1, -0.05) is 98.2 Å². The van der Waals surface area contributed by atoms with Crippen molar-refractivity contribution in [1.29, 1.82) is 0 Å². The molecule has 0 aliphatic rings. The predicted molar refractivity (Wildman–Crippen MR) is 176 cm³/mol. The Morgan fingerprint density at radius 2 is 1.41 bits per heavy atom. The van der Waals surface area contributed by atoms with E-state index in [4.69, 9.17) is 11.6 Å². The molecule has 7 nitrogen and oxygen atoms in total. The number of hydrogen-bond acceptors (Lipinski definition) is 4. The monoisotopic (exact) mass is 631 g/mol. The molecule has 1 N–H and O–H groups in total. The van der Waals surface area contributed by atoms with Gasteiger partial charge in [-0.25, -0.2) is 8.42 Å². The average molecular weight is 632 g/mol. The van der Waals surface area contributed by atoms with Crippen molar-refractivity contribution in [2.24, 2.45) is 5.92 Å². The van der Waals surface area contributed by atoms with E-state index in [9.17, 15) is 18.0 Å². The summed E-state index contributed by atoms with van der Waals surface area (Å²) in [6.45, 7) is 6.01. The van der Waals surface area contributed by atoms with Gasteiger partial charge in [0.05, 0.1) is 10.6 Å². The summed E-state index contributed by atoms with van der Waals surface area (Å²) in [6, 6.07) is 30.6. The number of para-hydroxylation sites is 1. The zero-order valence-electron chi connectivity index (χ0n) is 25.2. The normalized spacial score (nSPS) is 12.0. The van der Waals surface area contributed by atoms with Gasteiger partial charge in [0, 0.05) is 24.5 Å². The summed E-state index contributed by atoms with van der Waals surface area (Å²) in [5.41, 5.74) is 3.03. The van der Waals surface area contributed by atoms with Gasteiger partial charge in [0.1, 0.15) is 12.6 Å². The largest absolute Gasteiger partial charge is 0.354 e. The number of carbonyl (C=O) groups is 2. The number of hydrogen-bond donors (Lipinski definition) is 1. The second-order valence-electron chi connectivity index (χ2n) is 11.1. The molecule has 0 bridgehead atoms. The first-order valence-electron chi connectivity index (χ1n) is 14.5. The van der Waals surface area contributed by atoms with E-state index in [1.54, 1.807) is 30.3 Å². The van der Waals surface area contributed by atoms with Gasteiger partial charge in [-0.3, -0.25) is 13.9 Å². The van der Waals surface area contributed by atoms with Crippen molar-refractivity contribution >= 4 is 39.1 Å². The van der Waals surface area contributed by atoms with Crippen LogP contribution in [-0.4, -0.2) is 44.3 Å². The van der Waals surface area contributed by atoms with Crippen molar-refractivity contribution in [1.82, 2.24) is 10.2 Å². The second-order valence-corrected chi connectivity index (χ2v) is 13.4. The van der Waals surface area contributed by atoms with Gasteiger partial charge in [0.15, 0.2) is 0 Å². The minimum atomic E-state index is -4.18. The molecule has 0 saturated heterocycles. The highest BCUT2D eigenvalue weighted by Gasteiger charge is 2.34. The standard InChI is InChI=1S/C35H38ClN3O4S/c1-26(2)23-37-35(41)33(22-28-13-6-4-7-14-28)38(24-29-15-11-10-12-27(29)3)34(40)25-39(31-16-8-5-9-17-31)44(42,43)32-20-18-30(36)19-21-32/h4-21,26,33H,22-25H2,1-3H3,(H,37,41)/t33-/m1/s1. The van der Waals surface area contributed by atoms with Crippen molar-refractivity contribution in [3.05, 3.63) is 131 Å². The molecule has 2 amide bonds. The third-order valence-corrected chi connectivity index (χ3v) is 9.32. The molecular weight excluding hydrogens is 594 g/mol. The summed E-state index contributed by atoms with van der Waals surface area (Å²) in [7, 11) is -4.18. The van der Waals surface area contributed by atoms with Crippen LogP contribution in [0.15, 0.2) is 114 Å². The van der Waals surface area contributed by atoms with Crippen molar-refractivity contribution in [2.45, 2.75) is 44.7 Å². The molecule has 0 aliphatic heterocycles. The zero-order chi connectivity index (χ0) is 31.7. The van der Waals surface area contributed by atoms with E-state index in [2.05, 4.69) is 5.32 Å². The summed E-state index contributed by atoms with van der Waals surface area (Å²) in [5.74, 6) is -0.596. The van der Waals surface area contributed by atoms with E-state index in [1.165, 1.54) is 29.2 Å². The van der Waals surface area contributed by atoms with Crippen molar-refractivity contribution < 1.29 is 18.0 Å². The lowest BCUT2D eigenvalue weighted by atomic mass is 10.0. The molecule has 9 heteroatoms. The summed E-state index contributed by atoms with van der Waals surface area (Å²) < 4.78 is 29.1. The number of aryl methyl sites for hydroxylation is 1. The molecule has 230 valence electrons. The fraction of sp³-hybridized carbons (Fsp3) is 0.257. The minimum Gasteiger partial charge on any atom is -0.354 e. The third-order valence-electron chi connectivity index (χ3n) is 7.28. The Labute approximate surface area is 265 Å². The summed E-state index contributed by atoms with van der Waals surface area (Å²) in [6.07, 6.45) is 0.262. The third kappa shape index (κ3) is 8.49. The Balaban J connectivity index is 1.79. The summed E-state index contributed by atoms with van der Waals surface area (Å²) in [5, 5.41) is 3.40. The van der Waals surface area contributed by atoms with E-state index < -0.39 is 28.5 Å². The maximum Gasteiger partial charge on any atom is 0.264 e. The molecular formula is C35H38ClN3O4S. The molecule has 0 saturated carbocycles. The molecule has 0 heterocycles. The van der Waals surface area contributed by atoms with Gasteiger partial charge in [-0.15, -0.1) is 0 Å². The number of nitrogens with one attached hydrogen (secondary N) is 1. The molecule has 44 heavy (non-hydrogen) atoms. The number of rotatable bonds is 13. The second kappa shape index (κ2) is 15.0. The molecule has 0 aliphatic carbocycles. The number of anilines is 1. The lowest BCUT2D eigenvalue weighted by molar-refractivity contribution is -0.140. The van der Waals surface area contributed by atoms with Crippen LogP contribution in [0.3, 0.4) is 0 Å². The van der Waals surface area contributed by atoms with Gasteiger partial charge in [0.2, 0.25) is 11.8 Å². The first-order chi connectivity index (χ1) is 21.1. The van der Waals surface area contributed by atoms with E-state index in [1.807, 2.05) is 75.4 Å². The van der Waals surface area contributed by atoms with Crippen LogP contribution in [0, 0.1) is 12.8 Å². The van der Waals surface area contributed by atoms with Crippen LogP contribution in [0.4, 0.5) is 5.69 Å². The topological polar surface area (TPSA) is 86.8 Å². The van der Waals surface area contributed by atoms with Gasteiger partial charge >= 0.3 is 0 Å². The molecule has 0 fully saturated rings. The fourth-order valence-corrected chi connectivity index (χ4v) is 6.34. The van der Waals surface area contributed by atoms with Crippen LogP contribution in [-0.2, 0) is 32.6 Å². The number of benzene rings is 4. The number of carbonyl (C=O) groups excluding carboxylic acids is 2. The molecule has 1 atom stereocenters. The highest BCUT2D eigenvalue weighted by molar-refractivity contribution is 7.92. The van der Waals surface area contributed by atoms with Crippen LogP contribution in [0.25, 0.3) is 0 Å². The Morgan fingerprint density at radius 3 is 2.02 bits per heavy atom. The van der Waals surface area contributed by atoms with E-state index in [0.717, 1.165) is 21.0 Å². The summed E-state index contributed by atoms with van der Waals surface area (Å²) >= 11 is 6.04. The maximum absolute atomic E-state index is 14.5. The smallest absolute Gasteiger partial charge is 0.264 e. The van der Waals surface area contributed by atoms with E-state index in [-0.39, 0.29) is 29.7 Å². The lowest BCUT2D eigenvalue weighted by Crippen LogP contribution is -2.53. The van der Waals surface area contributed by atoms with Crippen LogP contribution in [0.1, 0.15) is 30.5 Å². The molecule has 0 unspecified atom stereocenters. The SMILES string of the molecule is Cc1ccccc1CN(C(=O)CN(c1ccccc1)S(=O)(=O)c1ccc(Cl)cc1)[C@H](Cc1ccccc1)C(=O)NCC(C)C. The fourth-order valence-electron chi connectivity index (χ4n) is 4.80. The summed E-state index contributed by atoms with van der Waals surface area (Å²) in [4.78, 5) is 29.8. The first kappa shape index (κ1) is 32.8. The molecule has 0 spiro atoms. The molecule has 4 aromatic rings. The Kier molecular flexibility index (Phi) is 11.2. The van der Waals surface area contributed by atoms with Crippen LogP contribution < -0.4 is 9.62 Å². The van der Waals surface area contributed by atoms with Gasteiger partial charge in [0.25, 0.3) is 10.0 Å². The van der Waals surface area contributed by atoms with E-state index >= 15 is 0 Å². The quantitative estimate of drug-likeness (QED) is 0.189. The van der Waals surface area contributed by atoms with Crippen LogP contribution in [0.2, 0.25) is 5.02 Å². The van der Waals surface area contributed by atoms with Gasteiger partial charge in [-0.05, 0) is 65.9 Å². The Bertz CT molecular complexity index is 1650. The molecule has 4 aromatic carbocycles. The van der Waals surface area contributed by atoms with Crippen LogP contribution in [0.5, 0.6) is 0 Å². The van der Waals surface area contributed by atoms with Gasteiger partial charge < -0.3 is 10.2 Å². The maximum atomic E-state index is 14.5. The molecule has 0 radical (unpaired) electrons. The Hall–Kier alpha value is -4.14. The molecule has 0 aromatic heterocycles. The highest BCUT2D eigenvalue weighted by Crippen LogP contribution is 2.26. The first-order valence-corrected chi connectivity index (χ1v) is 16.4. The average Bonchev–Trinajstić information content (AvgIpc) is 3.02. The number of amides is 2.